The Bertz CT molecular complexity index is 382. The number of nitrogens with one attached hydrogen (secondary N) is 2. The second-order valence-corrected chi connectivity index (χ2v) is 5.13. The van der Waals surface area contributed by atoms with E-state index in [1.807, 2.05) is 6.07 Å². The van der Waals surface area contributed by atoms with E-state index in [-0.39, 0.29) is 24.0 Å². The first-order valence-electron chi connectivity index (χ1n) is 7.28. The van der Waals surface area contributed by atoms with Gasteiger partial charge in [0.25, 0.3) is 0 Å². The van der Waals surface area contributed by atoms with Gasteiger partial charge in [-0.3, -0.25) is 4.99 Å². The van der Waals surface area contributed by atoms with Gasteiger partial charge in [0, 0.05) is 26.7 Å². The lowest BCUT2D eigenvalue weighted by Gasteiger charge is -2.12. The third kappa shape index (κ3) is 10.5. The van der Waals surface area contributed by atoms with Crippen molar-refractivity contribution in [1.29, 1.82) is 0 Å². The predicted octanol–water partition coefficient (Wildman–Crippen LogP) is 2.68. The van der Waals surface area contributed by atoms with Crippen molar-refractivity contribution >= 4 is 29.9 Å². The topological polar surface area (TPSA) is 45.7 Å². The van der Waals surface area contributed by atoms with Gasteiger partial charge in [0.1, 0.15) is 0 Å². The minimum atomic E-state index is 0. The predicted molar refractivity (Wildman–Crippen MR) is 101 cm³/mol. The molecule has 0 aromatic heterocycles. The molecule has 0 amide bonds. The SMILES string of the molecule is CN=C(NCCOCC(C)C)NCCc1ccccc1.I. The maximum Gasteiger partial charge on any atom is 0.191 e. The van der Waals surface area contributed by atoms with Crippen LogP contribution >= 0.6 is 24.0 Å². The van der Waals surface area contributed by atoms with E-state index in [9.17, 15) is 0 Å². The van der Waals surface area contributed by atoms with E-state index in [2.05, 4.69) is 53.7 Å². The van der Waals surface area contributed by atoms with Crippen LogP contribution in [0.2, 0.25) is 0 Å². The van der Waals surface area contributed by atoms with Crippen molar-refractivity contribution in [3.05, 3.63) is 35.9 Å². The maximum atomic E-state index is 5.52. The number of ether oxygens (including phenoxy) is 1. The molecule has 5 heteroatoms. The van der Waals surface area contributed by atoms with Crippen LogP contribution in [0, 0.1) is 5.92 Å². The Balaban J connectivity index is 0.00000400. The number of halogens is 1. The van der Waals surface area contributed by atoms with Gasteiger partial charge >= 0.3 is 0 Å². The molecular formula is C16H28IN3O. The minimum Gasteiger partial charge on any atom is -0.379 e. The number of hydrogen-bond donors (Lipinski definition) is 2. The normalized spacial score (nSPS) is 11.1. The zero-order valence-electron chi connectivity index (χ0n) is 13.3. The van der Waals surface area contributed by atoms with E-state index in [0.717, 1.165) is 32.1 Å². The van der Waals surface area contributed by atoms with Crippen molar-refractivity contribution in [2.24, 2.45) is 10.9 Å². The van der Waals surface area contributed by atoms with Gasteiger partial charge in [-0.05, 0) is 17.9 Å². The third-order valence-electron chi connectivity index (χ3n) is 2.76. The summed E-state index contributed by atoms with van der Waals surface area (Å²) in [6.07, 6.45) is 0.991. The Hall–Kier alpha value is -0.820. The molecule has 0 saturated carbocycles. The number of hydrogen-bond acceptors (Lipinski definition) is 2. The van der Waals surface area contributed by atoms with Crippen molar-refractivity contribution in [3.8, 4) is 0 Å². The number of aliphatic imine (C=N–C) groups is 1. The van der Waals surface area contributed by atoms with Crippen molar-refractivity contribution in [2.75, 3.05) is 33.4 Å². The van der Waals surface area contributed by atoms with Crippen LogP contribution < -0.4 is 10.6 Å². The smallest absolute Gasteiger partial charge is 0.191 e. The molecule has 0 bridgehead atoms. The van der Waals surface area contributed by atoms with Crippen LogP contribution in [-0.4, -0.2) is 39.3 Å². The first-order valence-corrected chi connectivity index (χ1v) is 7.28. The van der Waals surface area contributed by atoms with E-state index < -0.39 is 0 Å². The van der Waals surface area contributed by atoms with Gasteiger partial charge in [-0.25, -0.2) is 0 Å². The molecule has 0 aliphatic rings. The molecule has 2 N–H and O–H groups in total. The van der Waals surface area contributed by atoms with E-state index in [0.29, 0.717) is 12.5 Å². The molecule has 0 atom stereocenters. The quantitative estimate of drug-likeness (QED) is 0.303. The van der Waals surface area contributed by atoms with Crippen molar-refractivity contribution in [3.63, 3.8) is 0 Å². The second kappa shape index (κ2) is 12.9. The van der Waals surface area contributed by atoms with Crippen LogP contribution in [0.4, 0.5) is 0 Å². The van der Waals surface area contributed by atoms with Crippen LogP contribution in [0.5, 0.6) is 0 Å². The zero-order chi connectivity index (χ0) is 14.6. The van der Waals surface area contributed by atoms with E-state index in [4.69, 9.17) is 4.74 Å². The second-order valence-electron chi connectivity index (χ2n) is 5.13. The molecule has 1 rings (SSSR count). The van der Waals surface area contributed by atoms with Crippen LogP contribution in [-0.2, 0) is 11.2 Å². The average molecular weight is 405 g/mol. The monoisotopic (exact) mass is 405 g/mol. The van der Waals surface area contributed by atoms with Gasteiger partial charge in [0.05, 0.1) is 6.61 Å². The Morgan fingerprint density at radius 3 is 2.43 bits per heavy atom. The molecule has 0 spiro atoms. The molecule has 120 valence electrons. The van der Waals surface area contributed by atoms with Gasteiger partial charge in [-0.1, -0.05) is 44.2 Å². The van der Waals surface area contributed by atoms with Crippen LogP contribution in [0.15, 0.2) is 35.3 Å². The lowest BCUT2D eigenvalue weighted by molar-refractivity contribution is 0.114. The van der Waals surface area contributed by atoms with Gasteiger partial charge in [-0.15, -0.1) is 24.0 Å². The third-order valence-corrected chi connectivity index (χ3v) is 2.76. The van der Waals surface area contributed by atoms with Crippen molar-refractivity contribution in [2.45, 2.75) is 20.3 Å². The highest BCUT2D eigenvalue weighted by Crippen LogP contribution is 1.97. The van der Waals surface area contributed by atoms with Crippen LogP contribution in [0.25, 0.3) is 0 Å². The summed E-state index contributed by atoms with van der Waals surface area (Å²) >= 11 is 0. The average Bonchev–Trinajstić information content (AvgIpc) is 2.46. The van der Waals surface area contributed by atoms with Gasteiger partial charge in [-0.2, -0.15) is 0 Å². The van der Waals surface area contributed by atoms with Crippen molar-refractivity contribution < 1.29 is 4.74 Å². The van der Waals surface area contributed by atoms with Crippen LogP contribution in [0.1, 0.15) is 19.4 Å². The highest BCUT2D eigenvalue weighted by atomic mass is 127. The highest BCUT2D eigenvalue weighted by Gasteiger charge is 1.98. The molecule has 1 aromatic rings. The molecule has 0 aliphatic carbocycles. The molecule has 4 nitrogen and oxygen atoms in total. The Morgan fingerprint density at radius 1 is 1.14 bits per heavy atom. The van der Waals surface area contributed by atoms with Crippen molar-refractivity contribution in [1.82, 2.24) is 10.6 Å². The Kier molecular flexibility index (Phi) is 12.4. The number of nitrogens with zero attached hydrogens (tertiary/aromatic N) is 1. The largest absolute Gasteiger partial charge is 0.379 e. The summed E-state index contributed by atoms with van der Waals surface area (Å²) in [5, 5.41) is 6.54. The number of guanidine groups is 1. The van der Waals surface area contributed by atoms with Crippen LogP contribution in [0.3, 0.4) is 0 Å². The maximum absolute atomic E-state index is 5.52. The summed E-state index contributed by atoms with van der Waals surface area (Å²) in [6, 6.07) is 10.4. The fourth-order valence-corrected chi connectivity index (χ4v) is 1.75. The number of rotatable bonds is 8. The highest BCUT2D eigenvalue weighted by molar-refractivity contribution is 14.0. The molecule has 0 radical (unpaired) electrons. The fraction of sp³-hybridized carbons (Fsp3) is 0.562. The zero-order valence-corrected chi connectivity index (χ0v) is 15.6. The molecule has 0 unspecified atom stereocenters. The lowest BCUT2D eigenvalue weighted by atomic mass is 10.1. The summed E-state index contributed by atoms with van der Waals surface area (Å²) in [5.41, 5.74) is 1.33. The molecular weight excluding hydrogens is 377 g/mol. The summed E-state index contributed by atoms with van der Waals surface area (Å²) in [6.45, 7) is 7.46. The minimum absolute atomic E-state index is 0. The van der Waals surface area contributed by atoms with E-state index in [1.165, 1.54) is 5.56 Å². The van der Waals surface area contributed by atoms with E-state index >= 15 is 0 Å². The first-order chi connectivity index (χ1) is 9.72. The van der Waals surface area contributed by atoms with Gasteiger partial charge in [0.15, 0.2) is 5.96 Å². The van der Waals surface area contributed by atoms with E-state index in [1.54, 1.807) is 7.05 Å². The summed E-state index contributed by atoms with van der Waals surface area (Å²) in [5.74, 6) is 1.41. The summed E-state index contributed by atoms with van der Waals surface area (Å²) in [4.78, 5) is 4.19. The first kappa shape index (κ1) is 20.2. The molecule has 0 fully saturated rings. The Morgan fingerprint density at radius 2 is 1.81 bits per heavy atom. The molecule has 21 heavy (non-hydrogen) atoms. The van der Waals surface area contributed by atoms with Gasteiger partial charge in [0.2, 0.25) is 0 Å². The Labute approximate surface area is 145 Å². The number of benzene rings is 1. The molecule has 0 heterocycles. The van der Waals surface area contributed by atoms with Gasteiger partial charge < -0.3 is 15.4 Å². The molecule has 0 aliphatic heterocycles. The standard InChI is InChI=1S/C16H27N3O.HI/c1-14(2)13-20-12-11-19-16(17-3)18-10-9-15-7-5-4-6-8-15;/h4-8,14H,9-13H2,1-3H3,(H2,17,18,19);1H. The summed E-state index contributed by atoms with van der Waals surface area (Å²) < 4.78 is 5.52. The lowest BCUT2D eigenvalue weighted by Crippen LogP contribution is -2.39. The summed E-state index contributed by atoms with van der Waals surface area (Å²) in [7, 11) is 1.78. The molecule has 1 aromatic carbocycles. The molecule has 0 saturated heterocycles. The fourth-order valence-electron chi connectivity index (χ4n) is 1.75.